The van der Waals surface area contributed by atoms with Crippen LogP contribution in [-0.2, 0) is 6.54 Å². The summed E-state index contributed by atoms with van der Waals surface area (Å²) >= 11 is 11.6. The monoisotopic (exact) mass is 228 g/mol. The Labute approximate surface area is 93.4 Å². The van der Waals surface area contributed by atoms with Crippen LogP contribution >= 0.6 is 23.2 Å². The fourth-order valence-corrected chi connectivity index (χ4v) is 1.35. The minimum Gasteiger partial charge on any atom is -0.312 e. The Morgan fingerprint density at radius 3 is 2.71 bits per heavy atom. The number of nitriles is 1. The van der Waals surface area contributed by atoms with Crippen molar-refractivity contribution in [2.75, 3.05) is 6.54 Å². The first-order chi connectivity index (χ1) is 6.74. The maximum atomic E-state index is 8.32. The third-order valence-corrected chi connectivity index (χ3v) is 2.47. The van der Waals surface area contributed by atoms with Crippen LogP contribution in [0.1, 0.15) is 12.0 Å². The van der Waals surface area contributed by atoms with Crippen LogP contribution in [-0.4, -0.2) is 6.54 Å². The molecule has 4 heteroatoms. The number of hydrogen-bond donors (Lipinski definition) is 1. The van der Waals surface area contributed by atoms with Crippen LogP contribution < -0.4 is 5.32 Å². The quantitative estimate of drug-likeness (QED) is 0.805. The Balaban J connectivity index is 2.44. The van der Waals surface area contributed by atoms with Crippen molar-refractivity contribution in [2.24, 2.45) is 0 Å². The maximum Gasteiger partial charge on any atom is 0.0635 e. The van der Waals surface area contributed by atoms with E-state index < -0.39 is 0 Å². The number of nitrogens with zero attached hydrogens (tertiary/aromatic N) is 1. The van der Waals surface area contributed by atoms with Crippen molar-refractivity contribution in [1.82, 2.24) is 5.32 Å². The molecule has 1 aromatic carbocycles. The van der Waals surface area contributed by atoms with Crippen LogP contribution in [0.4, 0.5) is 0 Å². The van der Waals surface area contributed by atoms with Gasteiger partial charge in [-0.05, 0) is 17.7 Å². The van der Waals surface area contributed by atoms with E-state index in [0.29, 0.717) is 29.6 Å². The Morgan fingerprint density at radius 1 is 1.29 bits per heavy atom. The highest BCUT2D eigenvalue weighted by Gasteiger charge is 1.98. The zero-order chi connectivity index (χ0) is 10.4. The summed E-state index contributed by atoms with van der Waals surface area (Å²) < 4.78 is 0. The Kier molecular flexibility index (Phi) is 4.75. The number of hydrogen-bond acceptors (Lipinski definition) is 2. The molecular weight excluding hydrogens is 219 g/mol. The Morgan fingerprint density at radius 2 is 2.07 bits per heavy atom. The van der Waals surface area contributed by atoms with E-state index in [9.17, 15) is 0 Å². The van der Waals surface area contributed by atoms with Gasteiger partial charge in [-0.2, -0.15) is 5.26 Å². The van der Waals surface area contributed by atoms with Gasteiger partial charge in [0.15, 0.2) is 0 Å². The van der Waals surface area contributed by atoms with Gasteiger partial charge in [0.2, 0.25) is 0 Å². The average Bonchev–Trinajstić information content (AvgIpc) is 2.18. The summed E-state index contributed by atoms with van der Waals surface area (Å²) in [7, 11) is 0. The van der Waals surface area contributed by atoms with E-state index >= 15 is 0 Å². The predicted molar refractivity (Wildman–Crippen MR) is 58.4 cm³/mol. The molecule has 0 saturated carbocycles. The van der Waals surface area contributed by atoms with Gasteiger partial charge < -0.3 is 5.32 Å². The lowest BCUT2D eigenvalue weighted by Gasteiger charge is -2.03. The molecule has 14 heavy (non-hydrogen) atoms. The van der Waals surface area contributed by atoms with Gasteiger partial charge in [0.05, 0.1) is 16.1 Å². The van der Waals surface area contributed by atoms with Crippen molar-refractivity contribution in [3.05, 3.63) is 33.8 Å². The van der Waals surface area contributed by atoms with Gasteiger partial charge in [-0.3, -0.25) is 0 Å². The van der Waals surface area contributed by atoms with Gasteiger partial charge in [-0.15, -0.1) is 0 Å². The standard InChI is InChI=1S/C10H10Cl2N2/c11-9-3-2-8(6-10(9)12)7-14-5-1-4-13/h2-3,6,14H,1,5,7H2. The molecule has 0 aliphatic heterocycles. The predicted octanol–water partition coefficient (Wildman–Crippen LogP) is 3.00. The normalized spacial score (nSPS) is 9.79. The molecule has 2 nitrogen and oxygen atoms in total. The topological polar surface area (TPSA) is 35.8 Å². The van der Waals surface area contributed by atoms with Gasteiger partial charge in [0.25, 0.3) is 0 Å². The van der Waals surface area contributed by atoms with Gasteiger partial charge in [-0.25, -0.2) is 0 Å². The van der Waals surface area contributed by atoms with E-state index in [4.69, 9.17) is 28.5 Å². The molecule has 0 bridgehead atoms. The third kappa shape index (κ3) is 3.55. The zero-order valence-electron chi connectivity index (χ0n) is 7.56. The largest absolute Gasteiger partial charge is 0.312 e. The van der Waals surface area contributed by atoms with Crippen molar-refractivity contribution in [3.63, 3.8) is 0 Å². The lowest BCUT2D eigenvalue weighted by atomic mass is 10.2. The molecule has 0 amide bonds. The van der Waals surface area contributed by atoms with E-state index in [1.807, 2.05) is 12.1 Å². The summed E-state index contributed by atoms with van der Waals surface area (Å²) in [4.78, 5) is 0. The Hall–Kier alpha value is -0.750. The summed E-state index contributed by atoms with van der Waals surface area (Å²) in [5.74, 6) is 0. The van der Waals surface area contributed by atoms with Crippen LogP contribution in [0.3, 0.4) is 0 Å². The molecule has 0 spiro atoms. The molecule has 0 aromatic heterocycles. The third-order valence-electron chi connectivity index (χ3n) is 1.73. The summed E-state index contributed by atoms with van der Waals surface area (Å²) in [6, 6.07) is 7.57. The van der Waals surface area contributed by atoms with Crippen molar-refractivity contribution < 1.29 is 0 Å². The number of rotatable bonds is 4. The first kappa shape index (κ1) is 11.3. The summed E-state index contributed by atoms with van der Waals surface area (Å²) in [6.07, 6.45) is 0.515. The van der Waals surface area contributed by atoms with Crippen molar-refractivity contribution in [2.45, 2.75) is 13.0 Å². The number of halogens is 2. The fraction of sp³-hybridized carbons (Fsp3) is 0.300. The molecule has 74 valence electrons. The molecule has 0 radical (unpaired) electrons. The van der Waals surface area contributed by atoms with Crippen LogP contribution in [0.15, 0.2) is 18.2 Å². The first-order valence-corrected chi connectivity index (χ1v) is 5.01. The van der Waals surface area contributed by atoms with Gasteiger partial charge in [0.1, 0.15) is 0 Å². The van der Waals surface area contributed by atoms with E-state index in [1.54, 1.807) is 6.07 Å². The molecule has 0 unspecified atom stereocenters. The minimum absolute atomic E-state index is 0.515. The highest BCUT2D eigenvalue weighted by molar-refractivity contribution is 6.42. The molecule has 0 aliphatic rings. The van der Waals surface area contributed by atoms with Crippen molar-refractivity contribution in [1.29, 1.82) is 5.26 Å². The molecular formula is C10H10Cl2N2. The van der Waals surface area contributed by atoms with Crippen LogP contribution in [0.2, 0.25) is 10.0 Å². The van der Waals surface area contributed by atoms with Gasteiger partial charge >= 0.3 is 0 Å². The molecule has 0 saturated heterocycles. The first-order valence-electron chi connectivity index (χ1n) is 4.25. The van der Waals surface area contributed by atoms with Gasteiger partial charge in [0, 0.05) is 19.5 Å². The highest BCUT2D eigenvalue weighted by atomic mass is 35.5. The molecule has 0 heterocycles. The molecule has 0 aliphatic carbocycles. The Bertz CT molecular complexity index is 344. The van der Waals surface area contributed by atoms with Crippen molar-refractivity contribution in [3.8, 4) is 6.07 Å². The van der Waals surface area contributed by atoms with E-state index in [-0.39, 0.29) is 0 Å². The summed E-state index contributed by atoms with van der Waals surface area (Å²) in [5, 5.41) is 12.6. The maximum absolute atomic E-state index is 8.32. The average molecular weight is 229 g/mol. The second-order valence-corrected chi connectivity index (χ2v) is 3.65. The number of nitrogens with one attached hydrogen (secondary N) is 1. The number of benzene rings is 1. The van der Waals surface area contributed by atoms with Gasteiger partial charge in [-0.1, -0.05) is 29.3 Å². The molecule has 0 fully saturated rings. The second kappa shape index (κ2) is 5.87. The zero-order valence-corrected chi connectivity index (χ0v) is 9.07. The highest BCUT2D eigenvalue weighted by Crippen LogP contribution is 2.22. The summed E-state index contributed by atoms with van der Waals surface area (Å²) in [5.41, 5.74) is 1.07. The van der Waals surface area contributed by atoms with Crippen molar-refractivity contribution >= 4 is 23.2 Å². The van der Waals surface area contributed by atoms with Crippen LogP contribution in [0, 0.1) is 11.3 Å². The smallest absolute Gasteiger partial charge is 0.0635 e. The minimum atomic E-state index is 0.515. The van der Waals surface area contributed by atoms with E-state index in [0.717, 1.165) is 5.56 Å². The molecule has 1 N–H and O–H groups in total. The van der Waals surface area contributed by atoms with Crippen LogP contribution in [0.5, 0.6) is 0 Å². The van der Waals surface area contributed by atoms with E-state index in [1.165, 1.54) is 0 Å². The fourth-order valence-electron chi connectivity index (χ4n) is 1.03. The lowest BCUT2D eigenvalue weighted by molar-refractivity contribution is 0.699. The lowest BCUT2D eigenvalue weighted by Crippen LogP contribution is -2.13. The molecule has 1 aromatic rings. The molecule has 0 atom stereocenters. The SMILES string of the molecule is N#CCCNCc1ccc(Cl)c(Cl)c1. The van der Waals surface area contributed by atoms with Crippen LogP contribution in [0.25, 0.3) is 0 Å². The van der Waals surface area contributed by atoms with E-state index in [2.05, 4.69) is 11.4 Å². The second-order valence-electron chi connectivity index (χ2n) is 2.83. The summed E-state index contributed by atoms with van der Waals surface area (Å²) in [6.45, 7) is 1.40. The molecule has 1 rings (SSSR count).